The molecule has 0 saturated heterocycles. The SMILES string of the molecule is CCC(C(=O)O)n1c2c(c3cc(F)ccc31)C[C@@H](NC(=O)CCCc1ccccc1)CC2. The molecule has 1 aliphatic carbocycles. The molecule has 2 aromatic carbocycles. The molecule has 0 radical (unpaired) electrons. The maximum Gasteiger partial charge on any atom is 0.326 e. The Morgan fingerprint density at radius 3 is 2.72 bits per heavy atom. The quantitative estimate of drug-likeness (QED) is 0.532. The molecular formula is C26H29FN2O3. The second kappa shape index (κ2) is 9.55. The van der Waals surface area contributed by atoms with Crippen LogP contribution in [-0.4, -0.2) is 27.6 Å². The molecule has 0 bridgehead atoms. The first-order valence-electron chi connectivity index (χ1n) is 11.3. The lowest BCUT2D eigenvalue weighted by molar-refractivity contribution is -0.141. The molecule has 0 fully saturated rings. The van der Waals surface area contributed by atoms with Crippen molar-refractivity contribution < 1.29 is 19.1 Å². The predicted molar refractivity (Wildman–Crippen MR) is 122 cm³/mol. The van der Waals surface area contributed by atoms with Gasteiger partial charge in [0.15, 0.2) is 0 Å². The van der Waals surface area contributed by atoms with Crippen molar-refractivity contribution in [3.05, 3.63) is 71.2 Å². The fourth-order valence-corrected chi connectivity index (χ4v) is 4.91. The van der Waals surface area contributed by atoms with E-state index in [1.807, 2.05) is 29.7 Å². The van der Waals surface area contributed by atoms with Crippen LogP contribution >= 0.6 is 0 Å². The standard InChI is InChI=1S/C26H29FN2O3/c1-2-22(26(31)32)29-23-13-11-18(27)15-20(23)21-16-19(12-14-24(21)29)28-25(30)10-6-9-17-7-4-3-5-8-17/h3-5,7-8,11,13,15,19,22H,2,6,9-10,12,14,16H2,1H3,(H,28,30)(H,31,32)/t19-,22?/m0/s1. The Kier molecular flexibility index (Phi) is 6.58. The summed E-state index contributed by atoms with van der Waals surface area (Å²) in [6.45, 7) is 1.85. The van der Waals surface area contributed by atoms with Crippen LogP contribution in [0.15, 0.2) is 48.5 Å². The first-order valence-corrected chi connectivity index (χ1v) is 11.3. The van der Waals surface area contributed by atoms with Gasteiger partial charge in [0.1, 0.15) is 11.9 Å². The van der Waals surface area contributed by atoms with Crippen LogP contribution < -0.4 is 5.32 Å². The van der Waals surface area contributed by atoms with E-state index in [9.17, 15) is 19.1 Å². The number of benzene rings is 2. The van der Waals surface area contributed by atoms with E-state index < -0.39 is 12.0 Å². The van der Waals surface area contributed by atoms with E-state index in [1.54, 1.807) is 6.07 Å². The number of hydrogen-bond donors (Lipinski definition) is 2. The number of nitrogens with zero attached hydrogens (tertiary/aromatic N) is 1. The molecule has 5 nitrogen and oxygen atoms in total. The summed E-state index contributed by atoms with van der Waals surface area (Å²) in [4.78, 5) is 24.4. The summed E-state index contributed by atoms with van der Waals surface area (Å²) in [5.74, 6) is -1.19. The number of aromatic nitrogens is 1. The van der Waals surface area contributed by atoms with Gasteiger partial charge in [-0.1, -0.05) is 37.3 Å². The minimum Gasteiger partial charge on any atom is -0.480 e. The van der Waals surface area contributed by atoms with Crippen LogP contribution in [0, 0.1) is 5.82 Å². The average Bonchev–Trinajstić information content (AvgIpc) is 3.08. The third-order valence-electron chi connectivity index (χ3n) is 6.42. The van der Waals surface area contributed by atoms with E-state index >= 15 is 0 Å². The molecule has 32 heavy (non-hydrogen) atoms. The maximum atomic E-state index is 14.0. The zero-order valence-corrected chi connectivity index (χ0v) is 18.3. The van der Waals surface area contributed by atoms with E-state index in [4.69, 9.17) is 0 Å². The van der Waals surface area contributed by atoms with Gasteiger partial charge in [0, 0.05) is 29.1 Å². The number of halogens is 1. The lowest BCUT2D eigenvalue weighted by atomic mass is 9.91. The Bertz CT molecular complexity index is 1120. The van der Waals surface area contributed by atoms with Crippen LogP contribution in [-0.2, 0) is 28.9 Å². The molecule has 2 atom stereocenters. The Morgan fingerprint density at radius 2 is 2.00 bits per heavy atom. The number of carbonyl (C=O) groups excluding carboxylic acids is 1. The van der Waals surface area contributed by atoms with Gasteiger partial charge in [0.05, 0.1) is 0 Å². The van der Waals surface area contributed by atoms with Gasteiger partial charge in [-0.25, -0.2) is 9.18 Å². The van der Waals surface area contributed by atoms with E-state index in [0.29, 0.717) is 25.7 Å². The van der Waals surface area contributed by atoms with Crippen molar-refractivity contribution >= 4 is 22.8 Å². The van der Waals surface area contributed by atoms with Gasteiger partial charge >= 0.3 is 5.97 Å². The molecule has 1 aliphatic rings. The van der Waals surface area contributed by atoms with Crippen LogP contribution in [0.1, 0.15) is 55.5 Å². The molecular weight excluding hydrogens is 407 g/mol. The molecule has 0 spiro atoms. The number of carboxylic acid groups (broad SMARTS) is 1. The van der Waals surface area contributed by atoms with Crippen LogP contribution in [0.3, 0.4) is 0 Å². The first kappa shape index (κ1) is 22.1. The van der Waals surface area contributed by atoms with Crippen molar-refractivity contribution in [2.45, 2.75) is 64.0 Å². The molecule has 4 rings (SSSR count). The van der Waals surface area contributed by atoms with Crippen molar-refractivity contribution in [3.8, 4) is 0 Å². The molecule has 2 N–H and O–H groups in total. The summed E-state index contributed by atoms with van der Waals surface area (Å²) in [7, 11) is 0. The average molecular weight is 437 g/mol. The normalized spacial score (nSPS) is 16.5. The number of hydrogen-bond acceptors (Lipinski definition) is 2. The van der Waals surface area contributed by atoms with Crippen LogP contribution in [0.5, 0.6) is 0 Å². The summed E-state index contributed by atoms with van der Waals surface area (Å²) >= 11 is 0. The molecule has 6 heteroatoms. The second-order valence-corrected chi connectivity index (χ2v) is 8.57. The molecule has 0 saturated carbocycles. The van der Waals surface area contributed by atoms with Gasteiger partial charge in [0.25, 0.3) is 0 Å². The van der Waals surface area contributed by atoms with Gasteiger partial charge in [-0.15, -0.1) is 0 Å². The van der Waals surface area contributed by atoms with Crippen molar-refractivity contribution in [2.75, 3.05) is 0 Å². The van der Waals surface area contributed by atoms with Crippen LogP contribution in [0.4, 0.5) is 4.39 Å². The lowest BCUT2D eigenvalue weighted by Gasteiger charge is -2.26. The highest BCUT2D eigenvalue weighted by Crippen LogP contribution is 2.36. The molecule has 0 aliphatic heterocycles. The zero-order chi connectivity index (χ0) is 22.7. The number of fused-ring (bicyclic) bond motifs is 3. The Hall–Kier alpha value is -3.15. The Labute approximate surface area is 187 Å². The van der Waals surface area contributed by atoms with Crippen molar-refractivity contribution in [3.63, 3.8) is 0 Å². The Balaban J connectivity index is 1.49. The van der Waals surface area contributed by atoms with Gasteiger partial charge < -0.3 is 15.0 Å². The minimum absolute atomic E-state index is 0.0288. The number of carbonyl (C=O) groups is 2. The number of amides is 1. The topological polar surface area (TPSA) is 71.3 Å². The van der Waals surface area contributed by atoms with Gasteiger partial charge in [-0.05, 0) is 67.9 Å². The monoisotopic (exact) mass is 436 g/mol. The molecule has 1 heterocycles. The fourth-order valence-electron chi connectivity index (χ4n) is 4.91. The Morgan fingerprint density at radius 1 is 1.22 bits per heavy atom. The summed E-state index contributed by atoms with van der Waals surface area (Å²) in [6, 6.07) is 13.9. The van der Waals surface area contributed by atoms with Crippen molar-refractivity contribution in [2.24, 2.45) is 0 Å². The second-order valence-electron chi connectivity index (χ2n) is 8.57. The summed E-state index contributed by atoms with van der Waals surface area (Å²) in [6.07, 6.45) is 4.55. The highest BCUT2D eigenvalue weighted by Gasteiger charge is 2.30. The van der Waals surface area contributed by atoms with Gasteiger partial charge in [-0.3, -0.25) is 4.79 Å². The number of carboxylic acids is 1. The number of aryl methyl sites for hydroxylation is 1. The number of aliphatic carboxylic acids is 1. The maximum absolute atomic E-state index is 14.0. The molecule has 3 aromatic rings. The smallest absolute Gasteiger partial charge is 0.326 e. The lowest BCUT2D eigenvalue weighted by Crippen LogP contribution is -2.39. The highest BCUT2D eigenvalue weighted by atomic mass is 19.1. The first-order chi connectivity index (χ1) is 15.5. The number of nitrogens with one attached hydrogen (secondary N) is 1. The molecule has 1 aromatic heterocycles. The molecule has 1 unspecified atom stereocenters. The summed E-state index contributed by atoms with van der Waals surface area (Å²) in [5.41, 5.74) is 3.89. The number of rotatable bonds is 8. The minimum atomic E-state index is -0.884. The highest BCUT2D eigenvalue weighted by molar-refractivity contribution is 5.88. The van der Waals surface area contributed by atoms with Crippen LogP contribution in [0.2, 0.25) is 0 Å². The predicted octanol–water partition coefficient (Wildman–Crippen LogP) is 4.81. The fraction of sp³-hybridized carbons (Fsp3) is 0.385. The van der Waals surface area contributed by atoms with E-state index in [0.717, 1.165) is 41.4 Å². The third kappa shape index (κ3) is 4.54. The van der Waals surface area contributed by atoms with E-state index in [1.165, 1.54) is 17.7 Å². The molecule has 168 valence electrons. The van der Waals surface area contributed by atoms with E-state index in [-0.39, 0.29) is 17.8 Å². The zero-order valence-electron chi connectivity index (χ0n) is 18.3. The van der Waals surface area contributed by atoms with Gasteiger partial charge in [0.2, 0.25) is 5.91 Å². The summed E-state index contributed by atoms with van der Waals surface area (Å²) < 4.78 is 15.9. The molecule has 1 amide bonds. The van der Waals surface area contributed by atoms with Crippen molar-refractivity contribution in [1.29, 1.82) is 0 Å². The van der Waals surface area contributed by atoms with Crippen molar-refractivity contribution in [1.82, 2.24) is 9.88 Å². The largest absolute Gasteiger partial charge is 0.480 e. The van der Waals surface area contributed by atoms with E-state index in [2.05, 4.69) is 17.4 Å². The third-order valence-corrected chi connectivity index (χ3v) is 6.42. The summed E-state index contributed by atoms with van der Waals surface area (Å²) in [5, 5.41) is 13.6. The van der Waals surface area contributed by atoms with Gasteiger partial charge in [-0.2, -0.15) is 0 Å². The van der Waals surface area contributed by atoms with Crippen LogP contribution in [0.25, 0.3) is 10.9 Å².